The van der Waals surface area contributed by atoms with Crippen molar-refractivity contribution in [1.82, 2.24) is 0 Å². The Bertz CT molecular complexity index is 1040. The van der Waals surface area contributed by atoms with Gasteiger partial charge >= 0.3 is 5.63 Å². The number of quaternary nitrogens is 1. The number of rotatable bonds is 4. The first-order valence-corrected chi connectivity index (χ1v) is 8.98. The number of halogens is 2. The molecule has 0 saturated heterocycles. The van der Waals surface area contributed by atoms with Crippen molar-refractivity contribution in [3.63, 3.8) is 0 Å². The minimum Gasteiger partial charge on any atom is -0.507 e. The molecule has 26 heavy (non-hydrogen) atoms. The van der Waals surface area contributed by atoms with Crippen LogP contribution in [0.4, 0.5) is 4.39 Å². The molecule has 134 valence electrons. The van der Waals surface area contributed by atoms with Crippen LogP contribution in [0.1, 0.15) is 28.7 Å². The van der Waals surface area contributed by atoms with E-state index in [1.165, 1.54) is 6.07 Å². The SMILES string of the molecule is O=c1oc2c(C[NH2+]Cc3c(F)cccc3Cl)c(O)ccc2c2c1CCC2. The van der Waals surface area contributed by atoms with Gasteiger partial charge < -0.3 is 14.8 Å². The second kappa shape index (κ2) is 6.74. The molecule has 2 aromatic carbocycles. The average molecular weight is 375 g/mol. The molecule has 6 heteroatoms. The maximum atomic E-state index is 13.9. The van der Waals surface area contributed by atoms with Crippen LogP contribution in [0, 0.1) is 5.82 Å². The molecule has 4 nitrogen and oxygen atoms in total. The Morgan fingerprint density at radius 2 is 1.88 bits per heavy atom. The van der Waals surface area contributed by atoms with Gasteiger partial charge in [0.15, 0.2) is 5.58 Å². The van der Waals surface area contributed by atoms with E-state index in [4.69, 9.17) is 16.0 Å². The zero-order chi connectivity index (χ0) is 18.3. The normalized spacial score (nSPS) is 13.3. The number of benzene rings is 2. The van der Waals surface area contributed by atoms with E-state index in [9.17, 15) is 14.3 Å². The Balaban J connectivity index is 1.67. The monoisotopic (exact) mass is 374 g/mol. The summed E-state index contributed by atoms with van der Waals surface area (Å²) in [4.78, 5) is 12.2. The van der Waals surface area contributed by atoms with E-state index >= 15 is 0 Å². The zero-order valence-corrected chi connectivity index (χ0v) is 14.8. The highest BCUT2D eigenvalue weighted by atomic mass is 35.5. The third-order valence-electron chi connectivity index (χ3n) is 4.98. The summed E-state index contributed by atoms with van der Waals surface area (Å²) < 4.78 is 19.4. The molecule has 0 fully saturated rings. The standard InChI is InChI=1S/C20H17ClFNO3/c21-16-5-2-6-17(22)14(16)9-23-10-15-18(24)8-7-12-11-3-1-4-13(11)20(25)26-19(12)15/h2,5-8,23-24H,1,3-4,9-10H2/p+1. The number of aryl methyl sites for hydroxylation is 1. The molecule has 1 heterocycles. The predicted molar refractivity (Wildman–Crippen MR) is 96.9 cm³/mol. The molecular formula is C20H18ClFNO3+. The first kappa shape index (κ1) is 17.1. The van der Waals surface area contributed by atoms with E-state index < -0.39 is 0 Å². The lowest BCUT2D eigenvalue weighted by Gasteiger charge is -2.10. The average Bonchev–Trinajstić information content (AvgIpc) is 3.10. The zero-order valence-electron chi connectivity index (χ0n) is 14.0. The number of aromatic hydroxyl groups is 1. The van der Waals surface area contributed by atoms with Crippen LogP contribution in [-0.2, 0) is 25.9 Å². The van der Waals surface area contributed by atoms with Gasteiger partial charge in [-0.05, 0) is 49.1 Å². The summed E-state index contributed by atoms with van der Waals surface area (Å²) >= 11 is 6.05. The predicted octanol–water partition coefficient (Wildman–Crippen LogP) is 3.04. The van der Waals surface area contributed by atoms with Crippen LogP contribution in [0.2, 0.25) is 5.02 Å². The van der Waals surface area contributed by atoms with Gasteiger partial charge in [-0.1, -0.05) is 17.7 Å². The van der Waals surface area contributed by atoms with E-state index in [1.807, 2.05) is 5.32 Å². The van der Waals surface area contributed by atoms with Crippen LogP contribution in [-0.4, -0.2) is 5.11 Å². The van der Waals surface area contributed by atoms with Crippen molar-refractivity contribution < 1.29 is 19.2 Å². The van der Waals surface area contributed by atoms with E-state index in [0.29, 0.717) is 34.8 Å². The van der Waals surface area contributed by atoms with E-state index in [-0.39, 0.29) is 17.2 Å². The Kier molecular flexibility index (Phi) is 4.42. The smallest absolute Gasteiger partial charge is 0.339 e. The Labute approximate surface area is 154 Å². The molecular weight excluding hydrogens is 357 g/mol. The van der Waals surface area contributed by atoms with Gasteiger partial charge in [-0.15, -0.1) is 0 Å². The van der Waals surface area contributed by atoms with Crippen LogP contribution >= 0.6 is 11.6 Å². The van der Waals surface area contributed by atoms with Crippen molar-refractivity contribution in [1.29, 1.82) is 0 Å². The van der Waals surface area contributed by atoms with Crippen LogP contribution in [0.3, 0.4) is 0 Å². The van der Waals surface area contributed by atoms with Gasteiger partial charge in [-0.25, -0.2) is 9.18 Å². The molecule has 3 aromatic rings. The summed E-state index contributed by atoms with van der Waals surface area (Å²) in [6, 6.07) is 8.00. The van der Waals surface area contributed by atoms with Crippen LogP contribution in [0.15, 0.2) is 39.5 Å². The Morgan fingerprint density at radius 3 is 2.69 bits per heavy atom. The highest BCUT2D eigenvalue weighted by Crippen LogP contribution is 2.32. The van der Waals surface area contributed by atoms with Gasteiger partial charge in [0.05, 0.1) is 16.1 Å². The van der Waals surface area contributed by atoms with Gasteiger partial charge in [-0.3, -0.25) is 0 Å². The highest BCUT2D eigenvalue weighted by Gasteiger charge is 2.22. The summed E-state index contributed by atoms with van der Waals surface area (Å²) in [5.41, 5.74) is 2.82. The number of hydrogen-bond donors (Lipinski definition) is 2. The molecule has 0 atom stereocenters. The minimum atomic E-state index is -0.361. The number of fused-ring (bicyclic) bond motifs is 3. The summed E-state index contributed by atoms with van der Waals surface area (Å²) in [6.07, 6.45) is 2.52. The van der Waals surface area contributed by atoms with Gasteiger partial charge in [0.2, 0.25) is 0 Å². The maximum Gasteiger partial charge on any atom is 0.339 e. The van der Waals surface area contributed by atoms with E-state index in [1.54, 1.807) is 24.3 Å². The van der Waals surface area contributed by atoms with Crippen molar-refractivity contribution in [3.8, 4) is 5.75 Å². The summed E-state index contributed by atoms with van der Waals surface area (Å²) in [7, 11) is 0. The van der Waals surface area contributed by atoms with E-state index in [0.717, 1.165) is 35.8 Å². The molecule has 4 rings (SSSR count). The quantitative estimate of drug-likeness (QED) is 0.690. The van der Waals surface area contributed by atoms with Gasteiger partial charge in [0.25, 0.3) is 0 Å². The first-order valence-electron chi connectivity index (χ1n) is 8.60. The molecule has 3 N–H and O–H groups in total. The third kappa shape index (κ3) is 2.87. The van der Waals surface area contributed by atoms with Crippen LogP contribution < -0.4 is 10.9 Å². The topological polar surface area (TPSA) is 67.0 Å². The van der Waals surface area contributed by atoms with Crippen molar-refractivity contribution >= 4 is 22.6 Å². The molecule has 1 aromatic heterocycles. The molecule has 0 unspecified atom stereocenters. The molecule has 0 bridgehead atoms. The minimum absolute atomic E-state index is 0.0643. The lowest BCUT2D eigenvalue weighted by atomic mass is 10.0. The van der Waals surface area contributed by atoms with Crippen molar-refractivity contribution in [2.75, 3.05) is 0 Å². The fraction of sp³-hybridized carbons (Fsp3) is 0.250. The Hall–Kier alpha value is -2.37. The first-order chi connectivity index (χ1) is 12.6. The number of hydrogen-bond acceptors (Lipinski definition) is 3. The number of phenolic OH excluding ortho intramolecular Hbond substituents is 1. The second-order valence-corrected chi connectivity index (χ2v) is 6.94. The third-order valence-corrected chi connectivity index (χ3v) is 5.33. The van der Waals surface area contributed by atoms with Crippen molar-refractivity contribution in [2.24, 2.45) is 0 Å². The second-order valence-electron chi connectivity index (χ2n) is 6.54. The highest BCUT2D eigenvalue weighted by molar-refractivity contribution is 6.31. The maximum absolute atomic E-state index is 13.9. The molecule has 0 spiro atoms. The molecule has 1 aliphatic carbocycles. The van der Waals surface area contributed by atoms with Crippen molar-refractivity contribution in [3.05, 3.63) is 73.8 Å². The van der Waals surface area contributed by atoms with Crippen LogP contribution in [0.5, 0.6) is 5.75 Å². The molecule has 1 aliphatic rings. The number of nitrogens with two attached hydrogens (primary N) is 1. The lowest BCUT2D eigenvalue weighted by molar-refractivity contribution is -0.686. The van der Waals surface area contributed by atoms with Crippen molar-refractivity contribution in [2.45, 2.75) is 32.4 Å². The summed E-state index contributed by atoms with van der Waals surface area (Å²) in [5.74, 6) is -0.297. The lowest BCUT2D eigenvalue weighted by Crippen LogP contribution is -2.80. The fourth-order valence-electron chi connectivity index (χ4n) is 3.68. The van der Waals surface area contributed by atoms with E-state index in [2.05, 4.69) is 0 Å². The van der Waals surface area contributed by atoms with Crippen LogP contribution in [0.25, 0.3) is 11.0 Å². The summed E-state index contributed by atoms with van der Waals surface area (Å²) in [6.45, 7) is 0.659. The number of phenols is 1. The van der Waals surface area contributed by atoms with Gasteiger partial charge in [0.1, 0.15) is 24.7 Å². The largest absolute Gasteiger partial charge is 0.507 e. The molecule has 0 radical (unpaired) electrons. The fourth-order valence-corrected chi connectivity index (χ4v) is 3.92. The Morgan fingerprint density at radius 1 is 1.12 bits per heavy atom. The van der Waals surface area contributed by atoms with Gasteiger partial charge in [-0.2, -0.15) is 0 Å². The molecule has 0 amide bonds. The molecule has 0 saturated carbocycles. The van der Waals surface area contributed by atoms with Gasteiger partial charge in [0, 0.05) is 10.9 Å². The summed E-state index contributed by atoms with van der Waals surface area (Å²) in [5, 5.41) is 13.3. The molecule has 0 aliphatic heterocycles.